The first-order valence-corrected chi connectivity index (χ1v) is 7.39. The molecule has 0 saturated heterocycles. The van der Waals surface area contributed by atoms with Crippen LogP contribution < -0.4 is 5.32 Å². The Morgan fingerprint density at radius 2 is 1.89 bits per heavy atom. The third-order valence-corrected chi connectivity index (χ3v) is 3.86. The Kier molecular flexibility index (Phi) is 6.15. The molecule has 0 fully saturated rings. The minimum atomic E-state index is -0.368. The molecule has 1 atom stereocenters. The van der Waals surface area contributed by atoms with E-state index in [1.807, 2.05) is 21.0 Å². The molecule has 0 aromatic heterocycles. The van der Waals surface area contributed by atoms with Crippen LogP contribution in [0.4, 0.5) is 0 Å². The smallest absolute Gasteiger partial charge is 0.0652 e. The fourth-order valence-corrected chi connectivity index (χ4v) is 2.17. The van der Waals surface area contributed by atoms with Gasteiger partial charge in [-0.15, -0.1) is 11.8 Å². The fraction of sp³-hybridized carbons (Fsp3) is 0.571. The van der Waals surface area contributed by atoms with Gasteiger partial charge in [-0.05, 0) is 45.0 Å². The van der Waals surface area contributed by atoms with Crippen molar-refractivity contribution >= 4 is 11.8 Å². The molecule has 1 unspecified atom stereocenters. The summed E-state index contributed by atoms with van der Waals surface area (Å²) in [5.41, 5.74) is 0.758. The maximum absolute atomic E-state index is 9.65. The predicted octanol–water partition coefficient (Wildman–Crippen LogP) is 1.77. The van der Waals surface area contributed by atoms with Gasteiger partial charge in [-0.2, -0.15) is 0 Å². The van der Waals surface area contributed by atoms with Gasteiger partial charge in [-0.25, -0.2) is 0 Å². The van der Waals surface area contributed by atoms with Crippen LogP contribution in [-0.4, -0.2) is 50.1 Å². The van der Waals surface area contributed by atoms with Gasteiger partial charge >= 0.3 is 0 Å². The Balaban J connectivity index is 2.72. The Bertz CT molecular complexity index is 353. The zero-order chi connectivity index (χ0) is 13.6. The summed E-state index contributed by atoms with van der Waals surface area (Å²) < 4.78 is 0. The quantitative estimate of drug-likeness (QED) is 0.739. The summed E-state index contributed by atoms with van der Waals surface area (Å²) in [5.74, 6) is 0. The Labute approximate surface area is 115 Å². The standard InChI is InChI=1S/C14H24N2OS/c1-14(11-17,15-9-10-16(2)3)12-5-7-13(18-4)8-6-12/h5-8,15,17H,9-11H2,1-4H3. The highest BCUT2D eigenvalue weighted by molar-refractivity contribution is 7.98. The van der Waals surface area contributed by atoms with E-state index in [-0.39, 0.29) is 12.1 Å². The van der Waals surface area contributed by atoms with Crippen molar-refractivity contribution in [3.05, 3.63) is 29.8 Å². The van der Waals surface area contributed by atoms with Crippen molar-refractivity contribution in [2.24, 2.45) is 0 Å². The van der Waals surface area contributed by atoms with Gasteiger partial charge in [0, 0.05) is 18.0 Å². The lowest BCUT2D eigenvalue weighted by atomic mass is 9.93. The summed E-state index contributed by atoms with van der Waals surface area (Å²) >= 11 is 1.73. The molecule has 2 N–H and O–H groups in total. The monoisotopic (exact) mass is 268 g/mol. The first-order chi connectivity index (χ1) is 8.51. The van der Waals surface area contributed by atoms with Crippen molar-refractivity contribution in [2.75, 3.05) is 40.0 Å². The predicted molar refractivity (Wildman–Crippen MR) is 79.2 cm³/mol. The van der Waals surface area contributed by atoms with Crippen molar-refractivity contribution in [2.45, 2.75) is 17.4 Å². The van der Waals surface area contributed by atoms with E-state index in [1.54, 1.807) is 11.8 Å². The van der Waals surface area contributed by atoms with Crippen molar-refractivity contribution in [3.63, 3.8) is 0 Å². The van der Waals surface area contributed by atoms with Crippen molar-refractivity contribution < 1.29 is 5.11 Å². The molecule has 0 aliphatic carbocycles. The van der Waals surface area contributed by atoms with Crippen molar-refractivity contribution in [1.29, 1.82) is 0 Å². The lowest BCUT2D eigenvalue weighted by Gasteiger charge is -2.30. The molecule has 3 nitrogen and oxygen atoms in total. The van der Waals surface area contributed by atoms with Crippen LogP contribution in [0.25, 0.3) is 0 Å². The maximum atomic E-state index is 9.65. The van der Waals surface area contributed by atoms with E-state index >= 15 is 0 Å². The molecule has 0 amide bonds. The summed E-state index contributed by atoms with van der Waals surface area (Å²) in [4.78, 5) is 3.37. The van der Waals surface area contributed by atoms with E-state index in [0.717, 1.165) is 18.7 Å². The summed E-state index contributed by atoms with van der Waals surface area (Å²) in [7, 11) is 4.09. The summed E-state index contributed by atoms with van der Waals surface area (Å²) in [6, 6.07) is 8.37. The number of benzene rings is 1. The second kappa shape index (κ2) is 7.14. The fourth-order valence-electron chi connectivity index (χ4n) is 1.76. The molecule has 1 aromatic rings. The highest BCUT2D eigenvalue weighted by atomic mass is 32.2. The lowest BCUT2D eigenvalue weighted by Crippen LogP contribution is -2.45. The van der Waals surface area contributed by atoms with Gasteiger partial charge in [0.1, 0.15) is 0 Å². The summed E-state index contributed by atoms with van der Waals surface area (Å²) in [6.45, 7) is 3.95. The number of aliphatic hydroxyl groups excluding tert-OH is 1. The molecule has 0 aliphatic rings. The van der Waals surface area contributed by atoms with Crippen LogP contribution in [0.1, 0.15) is 12.5 Å². The van der Waals surface area contributed by atoms with Gasteiger partial charge in [0.2, 0.25) is 0 Å². The van der Waals surface area contributed by atoms with E-state index in [1.165, 1.54) is 4.90 Å². The average Bonchev–Trinajstić information content (AvgIpc) is 2.38. The lowest BCUT2D eigenvalue weighted by molar-refractivity contribution is 0.172. The van der Waals surface area contributed by atoms with Crippen LogP contribution in [0.2, 0.25) is 0 Å². The second-order valence-electron chi connectivity index (χ2n) is 4.95. The minimum Gasteiger partial charge on any atom is -0.394 e. The minimum absolute atomic E-state index is 0.0963. The van der Waals surface area contributed by atoms with Gasteiger partial charge in [-0.1, -0.05) is 12.1 Å². The number of thioether (sulfide) groups is 1. The number of hydrogen-bond donors (Lipinski definition) is 2. The van der Waals surface area contributed by atoms with Gasteiger partial charge in [0.15, 0.2) is 0 Å². The van der Waals surface area contributed by atoms with Crippen LogP contribution in [0.5, 0.6) is 0 Å². The van der Waals surface area contributed by atoms with E-state index in [2.05, 4.69) is 40.7 Å². The SMILES string of the molecule is CSc1ccc(C(C)(CO)NCCN(C)C)cc1. The maximum Gasteiger partial charge on any atom is 0.0652 e. The Morgan fingerprint density at radius 1 is 1.28 bits per heavy atom. The topological polar surface area (TPSA) is 35.5 Å². The zero-order valence-electron chi connectivity index (χ0n) is 11.7. The third-order valence-electron chi connectivity index (χ3n) is 3.12. The molecule has 0 bridgehead atoms. The number of nitrogens with zero attached hydrogens (tertiary/aromatic N) is 1. The van der Waals surface area contributed by atoms with Gasteiger partial charge < -0.3 is 15.3 Å². The zero-order valence-corrected chi connectivity index (χ0v) is 12.5. The number of rotatable bonds is 7. The molecule has 0 spiro atoms. The molecule has 0 saturated carbocycles. The number of hydrogen-bond acceptors (Lipinski definition) is 4. The van der Waals surface area contributed by atoms with E-state index in [4.69, 9.17) is 0 Å². The number of likely N-dealkylation sites (N-methyl/N-ethyl adjacent to an activating group) is 1. The molecule has 0 aliphatic heterocycles. The average molecular weight is 268 g/mol. The molecular weight excluding hydrogens is 244 g/mol. The first kappa shape index (κ1) is 15.5. The number of nitrogens with one attached hydrogen (secondary N) is 1. The molecule has 1 aromatic carbocycles. The number of aliphatic hydroxyl groups is 1. The summed E-state index contributed by atoms with van der Waals surface area (Å²) in [5, 5.41) is 13.1. The van der Waals surface area contributed by atoms with Crippen molar-refractivity contribution in [1.82, 2.24) is 10.2 Å². The van der Waals surface area contributed by atoms with Gasteiger partial charge in [0.05, 0.1) is 12.1 Å². The molecule has 1 rings (SSSR count). The molecule has 0 radical (unpaired) electrons. The van der Waals surface area contributed by atoms with Crippen LogP contribution in [0.3, 0.4) is 0 Å². The van der Waals surface area contributed by atoms with Gasteiger partial charge in [-0.3, -0.25) is 0 Å². The second-order valence-corrected chi connectivity index (χ2v) is 5.83. The van der Waals surface area contributed by atoms with E-state index in [0.29, 0.717) is 0 Å². The van der Waals surface area contributed by atoms with E-state index < -0.39 is 0 Å². The van der Waals surface area contributed by atoms with Crippen molar-refractivity contribution in [3.8, 4) is 0 Å². The first-order valence-electron chi connectivity index (χ1n) is 6.17. The largest absolute Gasteiger partial charge is 0.394 e. The van der Waals surface area contributed by atoms with E-state index in [9.17, 15) is 5.11 Å². The van der Waals surface area contributed by atoms with Crippen LogP contribution in [0, 0.1) is 0 Å². The normalized spacial score (nSPS) is 14.8. The van der Waals surface area contributed by atoms with Crippen LogP contribution >= 0.6 is 11.8 Å². The van der Waals surface area contributed by atoms with Crippen LogP contribution in [0.15, 0.2) is 29.2 Å². The molecule has 102 valence electrons. The van der Waals surface area contributed by atoms with Crippen LogP contribution in [-0.2, 0) is 5.54 Å². The van der Waals surface area contributed by atoms with Gasteiger partial charge in [0.25, 0.3) is 0 Å². The third kappa shape index (κ3) is 4.28. The molecule has 18 heavy (non-hydrogen) atoms. The summed E-state index contributed by atoms with van der Waals surface area (Å²) in [6.07, 6.45) is 2.07. The Hall–Kier alpha value is -0.550. The Morgan fingerprint density at radius 3 is 2.33 bits per heavy atom. The highest BCUT2D eigenvalue weighted by Gasteiger charge is 2.24. The molecule has 4 heteroatoms. The molecule has 0 heterocycles. The highest BCUT2D eigenvalue weighted by Crippen LogP contribution is 2.23. The molecular formula is C14H24N2OS.